The molecule has 17 heavy (non-hydrogen) atoms. The van der Waals surface area contributed by atoms with Crippen LogP contribution in [0, 0.1) is 5.92 Å². The molecule has 0 amide bonds. The van der Waals surface area contributed by atoms with Gasteiger partial charge in [0.2, 0.25) is 0 Å². The van der Waals surface area contributed by atoms with E-state index in [1.165, 1.54) is 6.42 Å². The molecule has 1 aliphatic rings. The molecule has 3 heteroatoms. The Hall–Kier alpha value is 0.270. The van der Waals surface area contributed by atoms with Crippen LogP contribution < -0.4 is 5.32 Å². The van der Waals surface area contributed by atoms with E-state index in [1.807, 2.05) is 0 Å². The van der Waals surface area contributed by atoms with Crippen molar-refractivity contribution in [2.45, 2.75) is 70.1 Å². The molecule has 102 valence electrons. The fourth-order valence-corrected chi connectivity index (χ4v) is 3.44. The van der Waals surface area contributed by atoms with Crippen molar-refractivity contribution in [2.24, 2.45) is 5.92 Å². The highest BCUT2D eigenvalue weighted by atomic mass is 32.2. The summed E-state index contributed by atoms with van der Waals surface area (Å²) in [5, 5.41) is 5.00. The standard InChI is InChI=1S/C14H29NOS/c1-10(2)13(9-15-14(4,5)6)17-12-7-8-16-11(12)3/h10-13,15H,7-9H2,1-6H3. The molecule has 1 saturated heterocycles. The van der Waals surface area contributed by atoms with E-state index in [9.17, 15) is 0 Å². The highest BCUT2D eigenvalue weighted by Crippen LogP contribution is 2.32. The molecule has 0 bridgehead atoms. The van der Waals surface area contributed by atoms with E-state index in [1.54, 1.807) is 0 Å². The predicted octanol–water partition coefficient (Wildman–Crippen LogP) is 3.31. The Morgan fingerprint density at radius 1 is 1.35 bits per heavy atom. The SMILES string of the molecule is CC(C)C(CNC(C)(C)C)SC1CCOC1C. The first kappa shape index (κ1) is 15.3. The third-order valence-corrected chi connectivity index (χ3v) is 5.26. The maximum Gasteiger partial charge on any atom is 0.0666 e. The molecular formula is C14H29NOS. The molecule has 3 unspecified atom stereocenters. The van der Waals surface area contributed by atoms with Gasteiger partial charge in [-0.05, 0) is 40.0 Å². The van der Waals surface area contributed by atoms with Crippen LogP contribution in [0.4, 0.5) is 0 Å². The number of nitrogens with one attached hydrogen (secondary N) is 1. The molecule has 0 aliphatic carbocycles. The van der Waals surface area contributed by atoms with Crippen molar-refractivity contribution < 1.29 is 4.74 Å². The van der Waals surface area contributed by atoms with Gasteiger partial charge in [0.25, 0.3) is 0 Å². The van der Waals surface area contributed by atoms with Gasteiger partial charge in [-0.25, -0.2) is 0 Å². The van der Waals surface area contributed by atoms with Gasteiger partial charge in [-0.1, -0.05) is 13.8 Å². The first-order valence-corrected chi connectivity index (χ1v) is 7.76. The lowest BCUT2D eigenvalue weighted by atomic mass is 10.1. The normalized spacial score (nSPS) is 27.7. The number of hydrogen-bond donors (Lipinski definition) is 1. The van der Waals surface area contributed by atoms with Crippen molar-refractivity contribution in [3.8, 4) is 0 Å². The van der Waals surface area contributed by atoms with Crippen molar-refractivity contribution in [3.63, 3.8) is 0 Å². The van der Waals surface area contributed by atoms with Gasteiger partial charge >= 0.3 is 0 Å². The second-order valence-electron chi connectivity index (χ2n) is 6.45. The van der Waals surface area contributed by atoms with Crippen molar-refractivity contribution in [1.29, 1.82) is 0 Å². The van der Waals surface area contributed by atoms with E-state index in [0.717, 1.165) is 13.2 Å². The molecule has 1 aliphatic heterocycles. The summed E-state index contributed by atoms with van der Waals surface area (Å²) in [5.41, 5.74) is 0.214. The summed E-state index contributed by atoms with van der Waals surface area (Å²) >= 11 is 2.12. The van der Waals surface area contributed by atoms with Crippen LogP contribution in [-0.2, 0) is 4.74 Å². The molecule has 1 rings (SSSR count). The lowest BCUT2D eigenvalue weighted by molar-refractivity contribution is 0.127. The van der Waals surface area contributed by atoms with Gasteiger partial charge in [0.05, 0.1) is 6.10 Å². The summed E-state index contributed by atoms with van der Waals surface area (Å²) in [6.45, 7) is 15.6. The van der Waals surface area contributed by atoms with E-state index < -0.39 is 0 Å². The minimum atomic E-state index is 0.214. The first-order chi connectivity index (χ1) is 7.79. The van der Waals surface area contributed by atoms with Gasteiger partial charge in [0.15, 0.2) is 0 Å². The average Bonchev–Trinajstić information content (AvgIpc) is 2.56. The molecule has 1 heterocycles. The summed E-state index contributed by atoms with van der Waals surface area (Å²) in [7, 11) is 0. The Morgan fingerprint density at radius 2 is 2.00 bits per heavy atom. The Labute approximate surface area is 111 Å². The van der Waals surface area contributed by atoms with Gasteiger partial charge in [-0.3, -0.25) is 0 Å². The average molecular weight is 259 g/mol. The molecule has 0 aromatic carbocycles. The van der Waals surface area contributed by atoms with E-state index >= 15 is 0 Å². The van der Waals surface area contributed by atoms with Crippen molar-refractivity contribution >= 4 is 11.8 Å². The monoisotopic (exact) mass is 259 g/mol. The number of ether oxygens (including phenoxy) is 1. The molecule has 3 atom stereocenters. The fourth-order valence-electron chi connectivity index (χ4n) is 1.96. The highest BCUT2D eigenvalue weighted by Gasteiger charge is 2.29. The molecule has 1 N–H and O–H groups in total. The Balaban J connectivity index is 2.43. The molecule has 0 radical (unpaired) electrons. The van der Waals surface area contributed by atoms with Gasteiger partial charge < -0.3 is 10.1 Å². The quantitative estimate of drug-likeness (QED) is 0.818. The molecular weight excluding hydrogens is 230 g/mol. The molecule has 2 nitrogen and oxygen atoms in total. The largest absolute Gasteiger partial charge is 0.377 e. The van der Waals surface area contributed by atoms with Crippen molar-refractivity contribution in [3.05, 3.63) is 0 Å². The zero-order chi connectivity index (χ0) is 13.1. The molecule has 1 fully saturated rings. The van der Waals surface area contributed by atoms with Crippen molar-refractivity contribution in [2.75, 3.05) is 13.2 Å². The molecule has 0 spiro atoms. The first-order valence-electron chi connectivity index (χ1n) is 6.81. The fraction of sp³-hybridized carbons (Fsp3) is 1.00. The topological polar surface area (TPSA) is 21.3 Å². The smallest absolute Gasteiger partial charge is 0.0666 e. The van der Waals surface area contributed by atoms with Gasteiger partial charge in [-0.15, -0.1) is 0 Å². The second kappa shape index (κ2) is 6.44. The van der Waals surface area contributed by atoms with Crippen molar-refractivity contribution in [1.82, 2.24) is 5.32 Å². The third-order valence-electron chi connectivity index (χ3n) is 3.23. The third kappa shape index (κ3) is 5.62. The predicted molar refractivity (Wildman–Crippen MR) is 77.8 cm³/mol. The van der Waals surface area contributed by atoms with E-state index in [-0.39, 0.29) is 5.54 Å². The number of rotatable bonds is 5. The zero-order valence-corrected chi connectivity index (χ0v) is 13.1. The lowest BCUT2D eigenvalue weighted by Crippen LogP contribution is -2.42. The lowest BCUT2D eigenvalue weighted by Gasteiger charge is -2.29. The van der Waals surface area contributed by atoms with Gasteiger partial charge in [0, 0.05) is 29.2 Å². The summed E-state index contributed by atoms with van der Waals surface area (Å²) < 4.78 is 5.65. The van der Waals surface area contributed by atoms with E-state index in [2.05, 4.69) is 58.6 Å². The summed E-state index contributed by atoms with van der Waals surface area (Å²) in [5.74, 6) is 0.711. The van der Waals surface area contributed by atoms with Crippen LogP contribution in [0.3, 0.4) is 0 Å². The van der Waals surface area contributed by atoms with Crippen LogP contribution in [0.25, 0.3) is 0 Å². The molecule has 0 aromatic rings. The van der Waals surface area contributed by atoms with Gasteiger partial charge in [-0.2, -0.15) is 11.8 Å². The van der Waals surface area contributed by atoms with Crippen LogP contribution in [0.15, 0.2) is 0 Å². The Morgan fingerprint density at radius 3 is 2.41 bits per heavy atom. The van der Waals surface area contributed by atoms with Crippen LogP contribution >= 0.6 is 11.8 Å². The van der Waals surface area contributed by atoms with Crippen LogP contribution in [0.5, 0.6) is 0 Å². The van der Waals surface area contributed by atoms with E-state index in [4.69, 9.17) is 4.74 Å². The van der Waals surface area contributed by atoms with Crippen LogP contribution in [-0.4, -0.2) is 35.3 Å². The summed E-state index contributed by atoms with van der Waals surface area (Å²) in [6, 6.07) is 0. The van der Waals surface area contributed by atoms with Gasteiger partial charge in [0.1, 0.15) is 0 Å². The highest BCUT2D eigenvalue weighted by molar-refractivity contribution is 8.00. The number of hydrogen-bond acceptors (Lipinski definition) is 3. The maximum absolute atomic E-state index is 5.65. The number of thioether (sulfide) groups is 1. The Kier molecular flexibility index (Phi) is 5.81. The second-order valence-corrected chi connectivity index (χ2v) is 7.94. The Bertz CT molecular complexity index is 225. The van der Waals surface area contributed by atoms with Crippen LogP contribution in [0.2, 0.25) is 0 Å². The van der Waals surface area contributed by atoms with Crippen LogP contribution in [0.1, 0.15) is 48.0 Å². The van der Waals surface area contributed by atoms with E-state index in [0.29, 0.717) is 22.5 Å². The zero-order valence-electron chi connectivity index (χ0n) is 12.2. The summed E-state index contributed by atoms with van der Waals surface area (Å²) in [4.78, 5) is 0. The summed E-state index contributed by atoms with van der Waals surface area (Å²) in [6.07, 6.45) is 1.64. The molecule has 0 aromatic heterocycles. The minimum absolute atomic E-state index is 0.214. The maximum atomic E-state index is 5.65. The molecule has 0 saturated carbocycles. The minimum Gasteiger partial charge on any atom is -0.377 e.